The molecule has 1 aromatic carbocycles. The van der Waals surface area contributed by atoms with Crippen LogP contribution in [0.15, 0.2) is 30.5 Å². The Bertz CT molecular complexity index is 618. The first-order valence-corrected chi connectivity index (χ1v) is 6.43. The number of esters is 1. The maximum absolute atomic E-state index is 12.0. The number of para-hydroxylation sites is 1. The van der Waals surface area contributed by atoms with E-state index in [1.807, 2.05) is 24.3 Å². The highest BCUT2D eigenvalue weighted by atomic mass is 16.5. The fourth-order valence-corrected chi connectivity index (χ4v) is 2.55. The fraction of sp³-hybridized carbons (Fsp3) is 0.429. The van der Waals surface area contributed by atoms with E-state index in [0.29, 0.717) is 6.54 Å². The van der Waals surface area contributed by atoms with Gasteiger partial charge in [-0.15, -0.1) is 0 Å². The Balaban J connectivity index is 1.96. The summed E-state index contributed by atoms with van der Waals surface area (Å²) in [6, 6.07) is 7.89. The molecule has 0 spiro atoms. The maximum atomic E-state index is 12.0. The standard InChI is InChI=1S/C14H17N3O2/c1-19-13(18)14(15,11-6-7-11)9-17-12-5-3-2-4-10(12)8-16-17/h2-5,8,11H,6-7,9,15H2,1H3. The Morgan fingerprint density at radius 3 is 2.95 bits per heavy atom. The first-order chi connectivity index (χ1) is 9.15. The van der Waals surface area contributed by atoms with E-state index in [2.05, 4.69) is 5.10 Å². The van der Waals surface area contributed by atoms with Crippen molar-refractivity contribution in [3.63, 3.8) is 0 Å². The van der Waals surface area contributed by atoms with Crippen molar-refractivity contribution in [3.8, 4) is 0 Å². The van der Waals surface area contributed by atoms with E-state index in [-0.39, 0.29) is 11.9 Å². The molecule has 0 aliphatic heterocycles. The summed E-state index contributed by atoms with van der Waals surface area (Å²) in [5, 5.41) is 5.38. The normalized spacial score (nSPS) is 18.2. The number of carbonyl (C=O) groups is 1. The van der Waals surface area contributed by atoms with Gasteiger partial charge in [-0.3, -0.25) is 4.68 Å². The Morgan fingerprint density at radius 1 is 1.53 bits per heavy atom. The number of hydrogen-bond donors (Lipinski definition) is 1. The fourth-order valence-electron chi connectivity index (χ4n) is 2.55. The van der Waals surface area contributed by atoms with Crippen molar-refractivity contribution in [2.24, 2.45) is 11.7 Å². The molecule has 0 amide bonds. The highest BCUT2D eigenvalue weighted by molar-refractivity contribution is 5.82. The number of methoxy groups -OCH3 is 1. The van der Waals surface area contributed by atoms with Gasteiger partial charge >= 0.3 is 5.97 Å². The zero-order valence-corrected chi connectivity index (χ0v) is 10.9. The second kappa shape index (κ2) is 4.35. The molecule has 0 saturated heterocycles. The SMILES string of the molecule is COC(=O)C(N)(Cn1ncc2ccccc21)C1CC1. The molecule has 100 valence electrons. The van der Waals surface area contributed by atoms with Gasteiger partial charge in [-0.25, -0.2) is 4.79 Å². The van der Waals surface area contributed by atoms with Gasteiger partial charge in [0.15, 0.2) is 0 Å². The molecule has 2 aromatic rings. The largest absolute Gasteiger partial charge is 0.468 e. The molecule has 1 aromatic heterocycles. The van der Waals surface area contributed by atoms with Crippen molar-refractivity contribution in [1.29, 1.82) is 0 Å². The number of aromatic nitrogens is 2. The second-order valence-electron chi connectivity index (χ2n) is 5.17. The monoisotopic (exact) mass is 259 g/mol. The molecule has 5 heteroatoms. The van der Waals surface area contributed by atoms with Crippen molar-refractivity contribution in [1.82, 2.24) is 9.78 Å². The van der Waals surface area contributed by atoms with Crippen LogP contribution in [0.3, 0.4) is 0 Å². The minimum Gasteiger partial charge on any atom is -0.468 e. The van der Waals surface area contributed by atoms with Gasteiger partial charge in [-0.2, -0.15) is 5.10 Å². The number of ether oxygens (including phenoxy) is 1. The lowest BCUT2D eigenvalue weighted by atomic mass is 9.94. The molecule has 0 radical (unpaired) electrons. The summed E-state index contributed by atoms with van der Waals surface area (Å²) in [6.45, 7) is 0.359. The highest BCUT2D eigenvalue weighted by Crippen LogP contribution is 2.40. The third kappa shape index (κ3) is 2.00. The first-order valence-electron chi connectivity index (χ1n) is 6.43. The lowest BCUT2D eigenvalue weighted by molar-refractivity contribution is -0.148. The molecular weight excluding hydrogens is 242 g/mol. The van der Waals surface area contributed by atoms with E-state index >= 15 is 0 Å². The Labute approximate surface area is 111 Å². The predicted molar refractivity (Wildman–Crippen MR) is 71.4 cm³/mol. The minimum atomic E-state index is -0.969. The van der Waals surface area contributed by atoms with Crippen LogP contribution in [0, 0.1) is 5.92 Å². The number of fused-ring (bicyclic) bond motifs is 1. The zero-order chi connectivity index (χ0) is 13.5. The number of hydrogen-bond acceptors (Lipinski definition) is 4. The summed E-state index contributed by atoms with van der Waals surface area (Å²) in [4.78, 5) is 12.0. The average molecular weight is 259 g/mol. The van der Waals surface area contributed by atoms with E-state index in [9.17, 15) is 4.79 Å². The topological polar surface area (TPSA) is 70.1 Å². The van der Waals surface area contributed by atoms with Crippen LogP contribution in [0.25, 0.3) is 10.9 Å². The number of carbonyl (C=O) groups excluding carboxylic acids is 1. The van der Waals surface area contributed by atoms with Gasteiger partial charge < -0.3 is 10.5 Å². The van der Waals surface area contributed by atoms with Gasteiger partial charge in [0, 0.05) is 5.39 Å². The van der Waals surface area contributed by atoms with E-state index in [0.717, 1.165) is 23.7 Å². The summed E-state index contributed by atoms with van der Waals surface area (Å²) in [5.74, 6) is -0.155. The van der Waals surface area contributed by atoms with Gasteiger partial charge in [0.1, 0.15) is 5.54 Å². The van der Waals surface area contributed by atoms with Gasteiger partial charge in [-0.1, -0.05) is 18.2 Å². The molecular formula is C14H17N3O2. The molecule has 1 saturated carbocycles. The second-order valence-corrected chi connectivity index (χ2v) is 5.17. The Hall–Kier alpha value is -1.88. The summed E-state index contributed by atoms with van der Waals surface area (Å²) < 4.78 is 6.67. The zero-order valence-electron chi connectivity index (χ0n) is 10.9. The van der Waals surface area contributed by atoms with Crippen molar-refractivity contribution in [2.75, 3.05) is 7.11 Å². The number of nitrogens with zero attached hydrogens (tertiary/aromatic N) is 2. The van der Waals surface area contributed by atoms with E-state index in [1.165, 1.54) is 7.11 Å². The molecule has 19 heavy (non-hydrogen) atoms. The van der Waals surface area contributed by atoms with Crippen molar-refractivity contribution >= 4 is 16.9 Å². The summed E-state index contributed by atoms with van der Waals surface area (Å²) in [7, 11) is 1.38. The molecule has 3 rings (SSSR count). The Kier molecular flexibility index (Phi) is 2.78. The van der Waals surface area contributed by atoms with Crippen LogP contribution in [0.2, 0.25) is 0 Å². The quantitative estimate of drug-likeness (QED) is 0.841. The van der Waals surface area contributed by atoms with Crippen LogP contribution in [0.1, 0.15) is 12.8 Å². The minimum absolute atomic E-state index is 0.197. The van der Waals surface area contributed by atoms with Crippen LogP contribution < -0.4 is 5.73 Å². The number of rotatable bonds is 4. The van der Waals surface area contributed by atoms with Gasteiger partial charge in [0.2, 0.25) is 0 Å². The summed E-state index contributed by atoms with van der Waals surface area (Å²) in [5.41, 5.74) is 6.32. The van der Waals surface area contributed by atoms with Gasteiger partial charge in [-0.05, 0) is 24.8 Å². The smallest absolute Gasteiger partial charge is 0.328 e. The Morgan fingerprint density at radius 2 is 2.26 bits per heavy atom. The summed E-state index contributed by atoms with van der Waals surface area (Å²) >= 11 is 0. The lowest BCUT2D eigenvalue weighted by Crippen LogP contribution is -2.54. The maximum Gasteiger partial charge on any atom is 0.328 e. The van der Waals surface area contributed by atoms with Gasteiger partial charge in [0.25, 0.3) is 0 Å². The van der Waals surface area contributed by atoms with Crippen LogP contribution in [-0.4, -0.2) is 28.4 Å². The van der Waals surface area contributed by atoms with Crippen LogP contribution in [-0.2, 0) is 16.1 Å². The molecule has 1 aliphatic rings. The molecule has 1 aliphatic carbocycles. The molecule has 1 unspecified atom stereocenters. The van der Waals surface area contributed by atoms with Crippen LogP contribution in [0.4, 0.5) is 0 Å². The third-order valence-electron chi connectivity index (χ3n) is 3.83. The lowest BCUT2D eigenvalue weighted by Gasteiger charge is -2.26. The average Bonchev–Trinajstić information content (AvgIpc) is 3.22. The molecule has 5 nitrogen and oxygen atoms in total. The third-order valence-corrected chi connectivity index (χ3v) is 3.83. The molecule has 1 atom stereocenters. The van der Waals surface area contributed by atoms with Crippen LogP contribution in [0.5, 0.6) is 0 Å². The van der Waals surface area contributed by atoms with E-state index in [1.54, 1.807) is 10.9 Å². The van der Waals surface area contributed by atoms with Crippen LogP contribution >= 0.6 is 0 Å². The van der Waals surface area contributed by atoms with E-state index < -0.39 is 5.54 Å². The summed E-state index contributed by atoms with van der Waals surface area (Å²) in [6.07, 6.45) is 3.75. The highest BCUT2D eigenvalue weighted by Gasteiger charge is 2.49. The predicted octanol–water partition coefficient (Wildman–Crippen LogP) is 1.32. The molecule has 2 N–H and O–H groups in total. The first kappa shape index (κ1) is 12.2. The van der Waals surface area contributed by atoms with Crippen molar-refractivity contribution in [2.45, 2.75) is 24.9 Å². The molecule has 1 heterocycles. The number of benzene rings is 1. The molecule has 0 bridgehead atoms. The van der Waals surface area contributed by atoms with Crippen molar-refractivity contribution < 1.29 is 9.53 Å². The van der Waals surface area contributed by atoms with Gasteiger partial charge in [0.05, 0.1) is 25.4 Å². The van der Waals surface area contributed by atoms with Crippen molar-refractivity contribution in [3.05, 3.63) is 30.5 Å². The van der Waals surface area contributed by atoms with E-state index in [4.69, 9.17) is 10.5 Å². The molecule has 1 fully saturated rings. The number of nitrogens with two attached hydrogens (primary N) is 1.